The van der Waals surface area contributed by atoms with Gasteiger partial charge in [-0.05, 0) is 24.5 Å². The molecule has 18 heavy (non-hydrogen) atoms. The van der Waals surface area contributed by atoms with Gasteiger partial charge in [0.25, 0.3) is 0 Å². The molecule has 0 unspecified atom stereocenters. The van der Waals surface area contributed by atoms with E-state index in [0.29, 0.717) is 6.42 Å². The van der Waals surface area contributed by atoms with Gasteiger partial charge >= 0.3 is 0 Å². The molecule has 1 amide bonds. The van der Waals surface area contributed by atoms with Crippen molar-refractivity contribution >= 4 is 17.2 Å². The van der Waals surface area contributed by atoms with E-state index in [1.807, 2.05) is 56.6 Å². The molecule has 0 aliphatic carbocycles. The number of carbonyl (C=O) groups excluding carboxylic acids is 1. The molecule has 0 radical (unpaired) electrons. The lowest BCUT2D eigenvalue weighted by atomic mass is 9.92. The van der Waals surface area contributed by atoms with Gasteiger partial charge in [-0.3, -0.25) is 4.79 Å². The molecule has 4 heteroatoms. The maximum Gasteiger partial charge on any atom is 0.224 e. The van der Waals surface area contributed by atoms with Crippen molar-refractivity contribution in [3.8, 4) is 0 Å². The Hall–Kier alpha value is -1.84. The summed E-state index contributed by atoms with van der Waals surface area (Å²) in [4.78, 5) is 16.3. The Labute approximate surface area is 107 Å². The number of pyridine rings is 1. The predicted octanol–water partition coefficient (Wildman–Crippen LogP) is 3.02. The highest BCUT2D eigenvalue weighted by Crippen LogP contribution is 2.21. The fraction of sp³-hybridized carbons (Fsp3) is 0.429. The molecule has 2 rings (SSSR count). The smallest absolute Gasteiger partial charge is 0.224 e. The monoisotopic (exact) mass is 245 g/mol. The summed E-state index contributed by atoms with van der Waals surface area (Å²) in [7, 11) is 0. The van der Waals surface area contributed by atoms with Crippen LogP contribution in [0.5, 0.6) is 0 Å². The molecule has 0 saturated carbocycles. The van der Waals surface area contributed by atoms with Crippen LogP contribution in [0.2, 0.25) is 0 Å². The van der Waals surface area contributed by atoms with Crippen LogP contribution in [0.25, 0.3) is 5.65 Å². The molecule has 0 aromatic carbocycles. The first kappa shape index (κ1) is 12.6. The van der Waals surface area contributed by atoms with Crippen molar-refractivity contribution in [3.63, 3.8) is 0 Å². The van der Waals surface area contributed by atoms with E-state index in [-0.39, 0.29) is 11.3 Å². The number of amides is 1. The molecule has 4 nitrogen and oxygen atoms in total. The van der Waals surface area contributed by atoms with Crippen LogP contribution >= 0.6 is 0 Å². The molecule has 96 valence electrons. The summed E-state index contributed by atoms with van der Waals surface area (Å²) in [5.74, 6) is 0.0243. The van der Waals surface area contributed by atoms with E-state index in [2.05, 4.69) is 10.3 Å². The summed E-state index contributed by atoms with van der Waals surface area (Å²) in [6.45, 7) is 8.08. The zero-order valence-electron chi connectivity index (χ0n) is 11.3. The second-order valence-electron chi connectivity index (χ2n) is 5.82. The maximum atomic E-state index is 11.9. The van der Waals surface area contributed by atoms with Crippen molar-refractivity contribution in [1.29, 1.82) is 0 Å². The number of nitrogens with one attached hydrogen (secondary N) is 1. The van der Waals surface area contributed by atoms with E-state index >= 15 is 0 Å². The molecule has 0 aliphatic rings. The molecule has 1 N–H and O–H groups in total. The fourth-order valence-electron chi connectivity index (χ4n) is 1.91. The minimum atomic E-state index is -0.0134. The summed E-state index contributed by atoms with van der Waals surface area (Å²) >= 11 is 0. The van der Waals surface area contributed by atoms with Crippen molar-refractivity contribution in [3.05, 3.63) is 30.2 Å². The van der Waals surface area contributed by atoms with Crippen molar-refractivity contribution in [1.82, 2.24) is 9.38 Å². The molecule has 2 heterocycles. The summed E-state index contributed by atoms with van der Waals surface area (Å²) in [6, 6.07) is 3.78. The molecule has 0 saturated heterocycles. The number of aromatic nitrogens is 2. The van der Waals surface area contributed by atoms with Gasteiger partial charge in [0.05, 0.1) is 11.4 Å². The fourth-order valence-corrected chi connectivity index (χ4v) is 1.91. The van der Waals surface area contributed by atoms with Crippen LogP contribution < -0.4 is 5.32 Å². The Morgan fingerprint density at radius 1 is 1.44 bits per heavy atom. The van der Waals surface area contributed by atoms with Crippen LogP contribution in [0.4, 0.5) is 5.69 Å². The van der Waals surface area contributed by atoms with Crippen LogP contribution in [0.15, 0.2) is 24.5 Å². The molecule has 2 aromatic heterocycles. The number of fused-ring (bicyclic) bond motifs is 1. The number of rotatable bonds is 2. The minimum Gasteiger partial charge on any atom is -0.323 e. The summed E-state index contributed by atoms with van der Waals surface area (Å²) in [5.41, 5.74) is 2.48. The van der Waals surface area contributed by atoms with Gasteiger partial charge in [-0.2, -0.15) is 0 Å². The molecule has 0 aliphatic heterocycles. The summed E-state index contributed by atoms with van der Waals surface area (Å²) in [5, 5.41) is 2.93. The molecular formula is C14H19N3O. The van der Waals surface area contributed by atoms with Gasteiger partial charge in [-0.15, -0.1) is 0 Å². The zero-order valence-corrected chi connectivity index (χ0v) is 11.3. The van der Waals surface area contributed by atoms with E-state index in [0.717, 1.165) is 17.0 Å². The first-order valence-electron chi connectivity index (χ1n) is 6.09. The molecule has 0 fully saturated rings. The number of hydrogen-bond donors (Lipinski definition) is 1. The number of nitrogens with zero attached hydrogens (tertiary/aromatic N) is 2. The zero-order chi connectivity index (χ0) is 13.3. The number of carbonyl (C=O) groups is 1. The molecule has 2 aromatic rings. The number of aryl methyl sites for hydroxylation is 1. The third-order valence-electron chi connectivity index (χ3n) is 2.57. The van der Waals surface area contributed by atoms with Crippen molar-refractivity contribution in [2.75, 3.05) is 5.32 Å². The average Bonchev–Trinajstić information content (AvgIpc) is 2.56. The Morgan fingerprint density at radius 3 is 2.83 bits per heavy atom. The van der Waals surface area contributed by atoms with Crippen molar-refractivity contribution < 1.29 is 4.79 Å². The maximum absolute atomic E-state index is 11.9. The van der Waals surface area contributed by atoms with Crippen LogP contribution in [0.1, 0.15) is 32.9 Å². The second-order valence-corrected chi connectivity index (χ2v) is 5.82. The third-order valence-corrected chi connectivity index (χ3v) is 2.57. The van der Waals surface area contributed by atoms with Crippen LogP contribution in [0.3, 0.4) is 0 Å². The lowest BCUT2D eigenvalue weighted by Gasteiger charge is -2.17. The van der Waals surface area contributed by atoms with Crippen LogP contribution in [-0.4, -0.2) is 15.3 Å². The number of hydrogen-bond acceptors (Lipinski definition) is 2. The van der Waals surface area contributed by atoms with E-state index in [1.54, 1.807) is 0 Å². The Balaban J connectivity index is 2.24. The number of anilines is 1. The molecule has 0 bridgehead atoms. The quantitative estimate of drug-likeness (QED) is 0.884. The Morgan fingerprint density at radius 2 is 2.17 bits per heavy atom. The highest BCUT2D eigenvalue weighted by Gasteiger charge is 2.17. The molecule has 0 atom stereocenters. The Kier molecular flexibility index (Phi) is 3.11. The SMILES string of the molecule is Cc1cn2cccc(NC(=O)CC(C)(C)C)c2n1. The van der Waals surface area contributed by atoms with Gasteiger partial charge in [-0.1, -0.05) is 20.8 Å². The van der Waals surface area contributed by atoms with Gasteiger partial charge in [-0.25, -0.2) is 4.98 Å². The minimum absolute atomic E-state index is 0.0134. The lowest BCUT2D eigenvalue weighted by Crippen LogP contribution is -2.20. The van der Waals surface area contributed by atoms with E-state index < -0.39 is 0 Å². The van der Waals surface area contributed by atoms with Gasteiger partial charge in [0, 0.05) is 18.8 Å². The third kappa shape index (κ3) is 2.88. The highest BCUT2D eigenvalue weighted by atomic mass is 16.1. The molecule has 0 spiro atoms. The van der Waals surface area contributed by atoms with E-state index in [9.17, 15) is 4.79 Å². The first-order chi connectivity index (χ1) is 8.35. The van der Waals surface area contributed by atoms with Gasteiger partial charge in [0.15, 0.2) is 5.65 Å². The van der Waals surface area contributed by atoms with E-state index in [1.165, 1.54) is 0 Å². The standard InChI is InChI=1S/C14H19N3O/c1-10-9-17-7-5-6-11(13(17)15-10)16-12(18)8-14(2,3)4/h5-7,9H,8H2,1-4H3,(H,16,18). The second kappa shape index (κ2) is 4.44. The predicted molar refractivity (Wildman–Crippen MR) is 72.6 cm³/mol. The van der Waals surface area contributed by atoms with E-state index in [4.69, 9.17) is 0 Å². The highest BCUT2D eigenvalue weighted by molar-refractivity contribution is 5.94. The molecular weight excluding hydrogens is 226 g/mol. The van der Waals surface area contributed by atoms with Gasteiger partial charge in [0.1, 0.15) is 0 Å². The number of imidazole rings is 1. The normalized spacial score (nSPS) is 11.8. The van der Waals surface area contributed by atoms with Crippen LogP contribution in [0, 0.1) is 12.3 Å². The topological polar surface area (TPSA) is 46.4 Å². The lowest BCUT2D eigenvalue weighted by molar-refractivity contribution is -0.117. The Bertz CT molecular complexity index is 578. The largest absolute Gasteiger partial charge is 0.323 e. The van der Waals surface area contributed by atoms with Crippen molar-refractivity contribution in [2.45, 2.75) is 34.1 Å². The summed E-state index contributed by atoms with van der Waals surface area (Å²) < 4.78 is 1.92. The van der Waals surface area contributed by atoms with Gasteiger partial charge < -0.3 is 9.72 Å². The summed E-state index contributed by atoms with van der Waals surface area (Å²) in [6.07, 6.45) is 4.36. The van der Waals surface area contributed by atoms with Gasteiger partial charge in [0.2, 0.25) is 5.91 Å². The van der Waals surface area contributed by atoms with Crippen LogP contribution in [-0.2, 0) is 4.79 Å². The average molecular weight is 245 g/mol. The van der Waals surface area contributed by atoms with Crippen molar-refractivity contribution in [2.24, 2.45) is 5.41 Å². The first-order valence-corrected chi connectivity index (χ1v) is 6.09.